The van der Waals surface area contributed by atoms with Crippen molar-refractivity contribution in [3.63, 3.8) is 0 Å². The lowest BCUT2D eigenvalue weighted by molar-refractivity contribution is -0.117. The first-order chi connectivity index (χ1) is 17.4. The van der Waals surface area contributed by atoms with Crippen molar-refractivity contribution in [1.82, 2.24) is 14.5 Å². The van der Waals surface area contributed by atoms with E-state index in [4.69, 9.17) is 9.72 Å². The molecule has 0 aliphatic heterocycles. The molecular weight excluding hydrogens is 472 g/mol. The molecule has 1 saturated carbocycles. The number of aromatic nitrogens is 2. The summed E-state index contributed by atoms with van der Waals surface area (Å²) in [5, 5.41) is 4.84. The Labute approximate surface area is 214 Å². The van der Waals surface area contributed by atoms with Gasteiger partial charge < -0.3 is 9.64 Å². The first-order valence-electron chi connectivity index (χ1n) is 11.9. The van der Waals surface area contributed by atoms with Gasteiger partial charge in [0.1, 0.15) is 12.3 Å². The van der Waals surface area contributed by atoms with Crippen LogP contribution >= 0.6 is 11.3 Å². The number of aryl methyl sites for hydroxylation is 2. The van der Waals surface area contributed by atoms with E-state index in [1.807, 2.05) is 52.5 Å². The van der Waals surface area contributed by atoms with Crippen molar-refractivity contribution in [3.05, 3.63) is 82.2 Å². The average molecular weight is 501 g/mol. The molecule has 1 aliphatic carbocycles. The van der Waals surface area contributed by atoms with Crippen molar-refractivity contribution < 1.29 is 14.3 Å². The summed E-state index contributed by atoms with van der Waals surface area (Å²) in [5.74, 6) is 0.799. The number of ether oxygens (including phenoxy) is 1. The molecular formula is C28H28N4O3S. The van der Waals surface area contributed by atoms with Gasteiger partial charge in [0.15, 0.2) is 0 Å². The maximum Gasteiger partial charge on any atom is 0.264 e. The second-order valence-corrected chi connectivity index (χ2v) is 9.95. The number of imidazole rings is 1. The Bertz CT molecular complexity index is 1390. The number of nitrogens with one attached hydrogen (secondary N) is 1. The summed E-state index contributed by atoms with van der Waals surface area (Å²) < 4.78 is 7.16. The predicted octanol–water partition coefficient (Wildman–Crippen LogP) is 5.47. The number of amides is 2. The van der Waals surface area contributed by atoms with Crippen LogP contribution in [-0.4, -0.2) is 46.0 Å². The third-order valence-electron chi connectivity index (χ3n) is 6.41. The molecule has 7 nitrogen and oxygen atoms in total. The molecule has 0 unspecified atom stereocenters. The highest BCUT2D eigenvalue weighted by Gasteiger charge is 2.35. The second kappa shape index (κ2) is 9.99. The zero-order valence-electron chi connectivity index (χ0n) is 20.5. The molecule has 0 atom stereocenters. The van der Waals surface area contributed by atoms with Gasteiger partial charge in [-0.05, 0) is 85.7 Å². The number of benzene rings is 2. The van der Waals surface area contributed by atoms with E-state index in [0.717, 1.165) is 41.1 Å². The van der Waals surface area contributed by atoms with Gasteiger partial charge in [0, 0.05) is 23.5 Å². The van der Waals surface area contributed by atoms with E-state index >= 15 is 0 Å². The van der Waals surface area contributed by atoms with Crippen LogP contribution in [0, 0.1) is 13.8 Å². The van der Waals surface area contributed by atoms with E-state index in [1.54, 1.807) is 18.1 Å². The van der Waals surface area contributed by atoms with Gasteiger partial charge >= 0.3 is 0 Å². The summed E-state index contributed by atoms with van der Waals surface area (Å²) in [4.78, 5) is 33.3. The summed E-state index contributed by atoms with van der Waals surface area (Å²) in [6, 6.07) is 17.5. The summed E-state index contributed by atoms with van der Waals surface area (Å²) in [6.07, 6.45) is 3.75. The standard InChI is InChI=1S/C28H28N4O3S/c1-18-6-9-22(15-19(18)2)32-16-24(20-7-12-23(35-3)13-8-20)29-28(32)30-26(33)17-31(21-10-11-21)27(34)25-5-4-14-36-25/h4-9,12-16,21H,10-11,17H2,1-3H3,(H,29,30,33). The topological polar surface area (TPSA) is 76.5 Å². The second-order valence-electron chi connectivity index (χ2n) is 9.01. The molecule has 0 saturated heterocycles. The lowest BCUT2D eigenvalue weighted by atomic mass is 10.1. The minimum absolute atomic E-state index is 0.0148. The Morgan fingerprint density at radius 3 is 2.53 bits per heavy atom. The van der Waals surface area contributed by atoms with Crippen LogP contribution in [0.4, 0.5) is 5.95 Å². The van der Waals surface area contributed by atoms with Gasteiger partial charge in [-0.2, -0.15) is 0 Å². The fraction of sp³-hybridized carbons (Fsp3) is 0.250. The summed E-state index contributed by atoms with van der Waals surface area (Å²) >= 11 is 1.39. The van der Waals surface area contributed by atoms with Crippen LogP contribution in [0.25, 0.3) is 16.9 Å². The summed E-state index contributed by atoms with van der Waals surface area (Å²) in [5.41, 5.74) is 4.86. The number of anilines is 1. The van der Waals surface area contributed by atoms with E-state index in [-0.39, 0.29) is 24.4 Å². The monoisotopic (exact) mass is 500 g/mol. The van der Waals surface area contributed by atoms with Crippen LogP contribution in [0.2, 0.25) is 0 Å². The van der Waals surface area contributed by atoms with Gasteiger partial charge in [0.2, 0.25) is 11.9 Å². The number of hydrogen-bond donors (Lipinski definition) is 1. The number of rotatable bonds is 8. The van der Waals surface area contributed by atoms with E-state index in [1.165, 1.54) is 16.9 Å². The fourth-order valence-corrected chi connectivity index (χ4v) is 4.73. The lowest BCUT2D eigenvalue weighted by Gasteiger charge is -2.21. The highest BCUT2D eigenvalue weighted by atomic mass is 32.1. The highest BCUT2D eigenvalue weighted by molar-refractivity contribution is 7.12. The average Bonchev–Trinajstić information content (AvgIpc) is 3.40. The number of carbonyl (C=O) groups is 2. The molecule has 2 heterocycles. The first kappa shape index (κ1) is 23.8. The highest BCUT2D eigenvalue weighted by Crippen LogP contribution is 2.30. The largest absolute Gasteiger partial charge is 0.497 e. The van der Waals surface area contributed by atoms with Crippen molar-refractivity contribution in [1.29, 1.82) is 0 Å². The zero-order chi connectivity index (χ0) is 25.2. The fourth-order valence-electron chi connectivity index (χ4n) is 4.06. The van der Waals surface area contributed by atoms with Crippen LogP contribution in [0.15, 0.2) is 66.2 Å². The molecule has 8 heteroatoms. The molecule has 0 bridgehead atoms. The molecule has 1 N–H and O–H groups in total. The third-order valence-corrected chi connectivity index (χ3v) is 7.26. The molecule has 184 valence electrons. The van der Waals surface area contributed by atoms with Crippen LogP contribution < -0.4 is 10.1 Å². The lowest BCUT2D eigenvalue weighted by Crippen LogP contribution is -2.39. The molecule has 2 aromatic heterocycles. The van der Waals surface area contributed by atoms with E-state index in [9.17, 15) is 9.59 Å². The van der Waals surface area contributed by atoms with Crippen molar-refractivity contribution >= 4 is 29.1 Å². The number of methoxy groups -OCH3 is 1. The van der Waals surface area contributed by atoms with Gasteiger partial charge in [0.25, 0.3) is 5.91 Å². The minimum Gasteiger partial charge on any atom is -0.497 e. The Hall–Kier alpha value is -3.91. The quantitative estimate of drug-likeness (QED) is 0.348. The number of nitrogens with zero attached hydrogens (tertiary/aromatic N) is 3. The van der Waals surface area contributed by atoms with Crippen molar-refractivity contribution in [2.45, 2.75) is 32.7 Å². The Balaban J connectivity index is 1.44. The Morgan fingerprint density at radius 2 is 1.89 bits per heavy atom. The van der Waals surface area contributed by atoms with Crippen LogP contribution in [-0.2, 0) is 4.79 Å². The molecule has 2 aromatic carbocycles. The Kier molecular flexibility index (Phi) is 6.61. The maximum atomic E-state index is 13.2. The van der Waals surface area contributed by atoms with Crippen molar-refractivity contribution in [2.75, 3.05) is 19.0 Å². The zero-order valence-corrected chi connectivity index (χ0v) is 21.3. The van der Waals surface area contributed by atoms with Crippen LogP contribution in [0.5, 0.6) is 5.75 Å². The SMILES string of the molecule is COc1ccc(-c2cn(-c3ccc(C)c(C)c3)c(NC(=O)CN(C(=O)c3cccs3)C3CC3)n2)cc1. The van der Waals surface area contributed by atoms with Gasteiger partial charge in [-0.1, -0.05) is 12.1 Å². The van der Waals surface area contributed by atoms with Crippen LogP contribution in [0.1, 0.15) is 33.6 Å². The maximum absolute atomic E-state index is 13.2. The van der Waals surface area contributed by atoms with Gasteiger partial charge in [-0.25, -0.2) is 4.98 Å². The number of hydrogen-bond acceptors (Lipinski definition) is 5. The summed E-state index contributed by atoms with van der Waals surface area (Å²) in [6.45, 7) is 4.11. The van der Waals surface area contributed by atoms with Crippen molar-refractivity contribution in [3.8, 4) is 22.7 Å². The molecule has 1 fully saturated rings. The van der Waals surface area contributed by atoms with E-state index in [2.05, 4.69) is 31.3 Å². The predicted molar refractivity (Wildman–Crippen MR) is 142 cm³/mol. The van der Waals surface area contributed by atoms with Gasteiger partial charge in [-0.15, -0.1) is 11.3 Å². The molecule has 0 spiro atoms. The third kappa shape index (κ3) is 5.04. The van der Waals surface area contributed by atoms with Gasteiger partial charge in [-0.3, -0.25) is 19.5 Å². The number of thiophene rings is 1. The molecule has 36 heavy (non-hydrogen) atoms. The molecule has 5 rings (SSSR count). The Morgan fingerprint density at radius 1 is 1.11 bits per heavy atom. The molecule has 2 amide bonds. The van der Waals surface area contributed by atoms with E-state index < -0.39 is 0 Å². The smallest absolute Gasteiger partial charge is 0.264 e. The van der Waals surface area contributed by atoms with Gasteiger partial charge in [0.05, 0.1) is 17.7 Å². The van der Waals surface area contributed by atoms with Crippen LogP contribution in [0.3, 0.4) is 0 Å². The molecule has 0 radical (unpaired) electrons. The number of carbonyl (C=O) groups excluding carboxylic acids is 2. The minimum atomic E-state index is -0.274. The molecule has 1 aliphatic rings. The first-order valence-corrected chi connectivity index (χ1v) is 12.8. The van der Waals surface area contributed by atoms with E-state index in [0.29, 0.717) is 10.8 Å². The normalized spacial score (nSPS) is 12.9. The van der Waals surface area contributed by atoms with Crippen molar-refractivity contribution in [2.24, 2.45) is 0 Å². The summed E-state index contributed by atoms with van der Waals surface area (Å²) in [7, 11) is 1.63. The molecule has 4 aromatic rings.